The van der Waals surface area contributed by atoms with E-state index in [-0.39, 0.29) is 0 Å². The van der Waals surface area contributed by atoms with E-state index in [0.29, 0.717) is 60.2 Å². The first kappa shape index (κ1) is 27.9. The number of hydrogen-bond acceptors (Lipinski definition) is 10. The number of nitrogens with zero attached hydrogens (tertiary/aromatic N) is 2. The molecule has 1 saturated heterocycles. The molecular weight excluding hydrogens is 518 g/mol. The monoisotopic (exact) mass is 553 g/mol. The topological polar surface area (TPSA) is 177 Å². The van der Waals surface area contributed by atoms with Gasteiger partial charge in [0.1, 0.15) is 35.4 Å². The predicted molar refractivity (Wildman–Crippen MR) is 148 cm³/mol. The first-order chi connectivity index (χ1) is 19.2. The summed E-state index contributed by atoms with van der Waals surface area (Å²) < 4.78 is 19.4. The van der Waals surface area contributed by atoms with Gasteiger partial charge < -0.3 is 45.6 Å². The number of fused-ring (bicyclic) bond motifs is 2. The van der Waals surface area contributed by atoms with E-state index in [2.05, 4.69) is 15.6 Å². The molecule has 0 bridgehead atoms. The second-order valence-electron chi connectivity index (χ2n) is 10.4. The highest BCUT2D eigenvalue weighted by molar-refractivity contribution is 5.83. The number of imidazole rings is 1. The Morgan fingerprint density at radius 3 is 2.73 bits per heavy atom. The molecular formula is C28H35N5O7. The van der Waals surface area contributed by atoms with Crippen molar-refractivity contribution in [2.45, 2.75) is 56.9 Å². The average Bonchev–Trinajstić information content (AvgIpc) is 3.59. The molecule has 0 spiro atoms. The van der Waals surface area contributed by atoms with E-state index in [0.717, 1.165) is 5.39 Å². The summed E-state index contributed by atoms with van der Waals surface area (Å²) in [6.45, 7) is 4.41. The summed E-state index contributed by atoms with van der Waals surface area (Å²) in [5.41, 5.74) is 6.66. The van der Waals surface area contributed by atoms with Gasteiger partial charge in [0.05, 0.1) is 36.3 Å². The van der Waals surface area contributed by atoms with Gasteiger partial charge >= 0.3 is 0 Å². The van der Waals surface area contributed by atoms with Gasteiger partial charge in [-0.25, -0.2) is 4.98 Å². The van der Waals surface area contributed by atoms with Gasteiger partial charge in [-0.05, 0) is 57.1 Å². The zero-order chi connectivity index (χ0) is 28.4. The van der Waals surface area contributed by atoms with Crippen molar-refractivity contribution in [1.82, 2.24) is 14.9 Å². The maximum absolute atomic E-state index is 11.4. The molecule has 0 radical (unpaired) electrons. The molecule has 1 aliphatic rings. The Balaban J connectivity index is 1.25. The van der Waals surface area contributed by atoms with Gasteiger partial charge in [-0.15, -0.1) is 0 Å². The number of furan rings is 1. The minimum atomic E-state index is -1.25. The van der Waals surface area contributed by atoms with Gasteiger partial charge in [-0.2, -0.15) is 0 Å². The SMILES string of the molecule is CC(C)(NCCCOc1ccc2cc(CNc3nc4ccccc4n3[C@@H]3O[C@H](CO)[C@@H](O)[C@H]3O)oc2c1)C(N)=O. The highest BCUT2D eigenvalue weighted by atomic mass is 16.6. The van der Waals surface area contributed by atoms with E-state index < -0.39 is 42.6 Å². The third-order valence-electron chi connectivity index (χ3n) is 7.10. The number of hydrogen-bond donors (Lipinski definition) is 6. The summed E-state index contributed by atoms with van der Waals surface area (Å²) in [6.07, 6.45) is -3.62. The number of aliphatic hydroxyl groups excluding tert-OH is 3. The maximum atomic E-state index is 11.4. The van der Waals surface area contributed by atoms with Crippen LogP contribution in [-0.2, 0) is 16.1 Å². The highest BCUT2D eigenvalue weighted by Crippen LogP contribution is 2.35. The van der Waals surface area contributed by atoms with Gasteiger partial charge in [0, 0.05) is 11.5 Å². The molecule has 3 heterocycles. The Hall–Kier alpha value is -3.68. The number of aromatic nitrogens is 2. The minimum Gasteiger partial charge on any atom is -0.493 e. The van der Waals surface area contributed by atoms with E-state index >= 15 is 0 Å². The van der Waals surface area contributed by atoms with Crippen molar-refractivity contribution in [2.75, 3.05) is 25.1 Å². The fourth-order valence-electron chi connectivity index (χ4n) is 4.68. The van der Waals surface area contributed by atoms with Gasteiger partial charge in [-0.1, -0.05) is 12.1 Å². The van der Waals surface area contributed by atoms with E-state index in [1.54, 1.807) is 18.4 Å². The molecule has 7 N–H and O–H groups in total. The molecule has 1 aliphatic heterocycles. The van der Waals surface area contributed by atoms with E-state index in [1.807, 2.05) is 48.5 Å². The quantitative estimate of drug-likeness (QED) is 0.141. The summed E-state index contributed by atoms with van der Waals surface area (Å²) >= 11 is 0. The van der Waals surface area contributed by atoms with Crippen LogP contribution in [0.2, 0.25) is 0 Å². The maximum Gasteiger partial charge on any atom is 0.237 e. The van der Waals surface area contributed by atoms with Crippen molar-refractivity contribution in [1.29, 1.82) is 0 Å². The van der Waals surface area contributed by atoms with Crippen LogP contribution in [0.15, 0.2) is 52.9 Å². The lowest BCUT2D eigenvalue weighted by Gasteiger charge is -2.22. The van der Waals surface area contributed by atoms with Crippen molar-refractivity contribution in [3.05, 3.63) is 54.3 Å². The minimum absolute atomic E-state index is 0.296. The van der Waals surface area contributed by atoms with Crippen LogP contribution < -0.4 is 21.1 Å². The smallest absolute Gasteiger partial charge is 0.237 e. The fraction of sp³-hybridized carbons (Fsp3) is 0.429. The molecule has 4 aromatic rings. The lowest BCUT2D eigenvalue weighted by Crippen LogP contribution is -2.51. The first-order valence-corrected chi connectivity index (χ1v) is 13.2. The van der Waals surface area contributed by atoms with Crippen LogP contribution >= 0.6 is 0 Å². The van der Waals surface area contributed by atoms with Crippen molar-refractivity contribution in [3.63, 3.8) is 0 Å². The van der Waals surface area contributed by atoms with Crippen LogP contribution in [0, 0.1) is 0 Å². The van der Waals surface area contributed by atoms with Crippen LogP contribution in [-0.4, -0.2) is 74.4 Å². The molecule has 4 atom stereocenters. The number of amides is 1. The molecule has 0 aliphatic carbocycles. The van der Waals surface area contributed by atoms with Crippen molar-refractivity contribution in [2.24, 2.45) is 5.73 Å². The Morgan fingerprint density at radius 1 is 1.18 bits per heavy atom. The largest absolute Gasteiger partial charge is 0.493 e. The molecule has 2 aromatic carbocycles. The number of benzene rings is 2. The van der Waals surface area contributed by atoms with Gasteiger partial charge in [0.25, 0.3) is 0 Å². The number of carbonyl (C=O) groups is 1. The van der Waals surface area contributed by atoms with Crippen LogP contribution in [0.5, 0.6) is 5.75 Å². The van der Waals surface area contributed by atoms with Crippen LogP contribution in [0.1, 0.15) is 32.3 Å². The molecule has 0 saturated carbocycles. The van der Waals surface area contributed by atoms with Crippen molar-refractivity contribution < 1.29 is 34.0 Å². The Kier molecular flexibility index (Phi) is 7.97. The van der Waals surface area contributed by atoms with Crippen LogP contribution in [0.4, 0.5) is 5.95 Å². The summed E-state index contributed by atoms with van der Waals surface area (Å²) in [5.74, 6) is 1.35. The fourth-order valence-corrected chi connectivity index (χ4v) is 4.68. The lowest BCUT2D eigenvalue weighted by molar-refractivity contribution is -0.123. The van der Waals surface area contributed by atoms with Gasteiger partial charge in [0.2, 0.25) is 11.9 Å². The normalized spacial score (nSPS) is 21.3. The summed E-state index contributed by atoms with van der Waals surface area (Å²) in [6, 6.07) is 14.9. The third kappa shape index (κ3) is 5.62. The number of nitrogens with one attached hydrogen (secondary N) is 2. The molecule has 40 heavy (non-hydrogen) atoms. The molecule has 214 valence electrons. The van der Waals surface area contributed by atoms with Crippen LogP contribution in [0.3, 0.4) is 0 Å². The molecule has 5 rings (SSSR count). The molecule has 12 heteroatoms. The number of ether oxygens (including phenoxy) is 2. The third-order valence-corrected chi connectivity index (χ3v) is 7.10. The van der Waals surface area contributed by atoms with E-state index in [9.17, 15) is 20.1 Å². The number of para-hydroxylation sites is 2. The summed E-state index contributed by atoms with van der Waals surface area (Å²) in [7, 11) is 0. The van der Waals surface area contributed by atoms with Gasteiger partial charge in [-0.3, -0.25) is 9.36 Å². The molecule has 2 aromatic heterocycles. The second kappa shape index (κ2) is 11.4. The second-order valence-corrected chi connectivity index (χ2v) is 10.4. The molecule has 1 fully saturated rings. The van der Waals surface area contributed by atoms with Crippen LogP contribution in [0.25, 0.3) is 22.0 Å². The number of aliphatic hydroxyl groups is 3. The number of nitrogens with two attached hydrogens (primary N) is 1. The number of carbonyl (C=O) groups excluding carboxylic acids is 1. The van der Waals surface area contributed by atoms with Gasteiger partial charge in [0.15, 0.2) is 6.23 Å². The first-order valence-electron chi connectivity index (χ1n) is 13.2. The van der Waals surface area contributed by atoms with E-state index in [1.165, 1.54) is 0 Å². The van der Waals surface area contributed by atoms with E-state index in [4.69, 9.17) is 19.6 Å². The zero-order valence-electron chi connectivity index (χ0n) is 22.4. The molecule has 0 unspecified atom stereocenters. The number of rotatable bonds is 12. The Morgan fingerprint density at radius 2 is 1.98 bits per heavy atom. The Bertz CT molecular complexity index is 1480. The van der Waals surface area contributed by atoms with Crippen molar-refractivity contribution in [3.8, 4) is 5.75 Å². The number of anilines is 1. The summed E-state index contributed by atoms with van der Waals surface area (Å²) in [4.78, 5) is 16.0. The standard InChI is InChI=1S/C28H35N5O7/c1-28(2,26(29)37)31-10-5-11-38-17-9-8-16-12-18(39-21(16)13-17)14-30-27-32-19-6-3-4-7-20(19)33(27)25-24(36)23(35)22(15-34)40-25/h3-4,6-9,12-13,22-25,31,34-36H,5,10-11,14-15H2,1-2H3,(H2,29,37)(H,30,32)/t22-,23-,24-,25-/m1/s1. The molecule has 1 amide bonds. The predicted octanol–water partition coefficient (Wildman–Crippen LogP) is 1.63. The zero-order valence-corrected chi connectivity index (χ0v) is 22.4. The summed E-state index contributed by atoms with van der Waals surface area (Å²) in [5, 5.41) is 37.8. The molecule has 12 nitrogen and oxygen atoms in total. The average molecular weight is 554 g/mol. The highest BCUT2D eigenvalue weighted by Gasteiger charge is 2.44. The number of primary amides is 1. The van der Waals surface area contributed by atoms with Crippen molar-refractivity contribution >= 4 is 33.9 Å². The lowest BCUT2D eigenvalue weighted by atomic mass is 10.1. The Labute approximate surface area is 230 Å².